The average Bonchev–Trinajstić information content (AvgIpc) is 3.12. The van der Waals surface area contributed by atoms with Crippen LogP contribution in [0.1, 0.15) is 34.6 Å². The van der Waals surface area contributed by atoms with E-state index in [0.717, 1.165) is 5.56 Å². The first-order chi connectivity index (χ1) is 15.5. The summed E-state index contributed by atoms with van der Waals surface area (Å²) in [5.41, 5.74) is 6.22. The number of hydrogen-bond donors (Lipinski definition) is 1. The number of ether oxygens (including phenoxy) is 1. The number of nitrogens with zero attached hydrogens (tertiary/aromatic N) is 1. The SMILES string of the molecule is Cc1ccc(C=CCCNC(=O)OCC2c3ccccc3-c3ccccc32)cc1[N+](=O)[O-]. The number of aryl methyl sites for hydroxylation is 1. The molecular weight excluding hydrogens is 404 g/mol. The number of rotatable bonds is 7. The summed E-state index contributed by atoms with van der Waals surface area (Å²) in [5, 5.41) is 13.8. The molecule has 0 saturated carbocycles. The molecule has 32 heavy (non-hydrogen) atoms. The second kappa shape index (κ2) is 9.47. The first-order valence-electron chi connectivity index (χ1n) is 10.5. The molecule has 1 aliphatic rings. The Morgan fingerprint density at radius 2 is 1.72 bits per heavy atom. The smallest absolute Gasteiger partial charge is 0.407 e. The normalized spacial score (nSPS) is 12.4. The highest BCUT2D eigenvalue weighted by atomic mass is 16.6. The molecule has 0 atom stereocenters. The maximum Gasteiger partial charge on any atom is 0.407 e. The van der Waals surface area contributed by atoms with Gasteiger partial charge in [-0.3, -0.25) is 10.1 Å². The monoisotopic (exact) mass is 428 g/mol. The van der Waals surface area contributed by atoms with Crippen LogP contribution in [0.2, 0.25) is 0 Å². The van der Waals surface area contributed by atoms with Gasteiger partial charge in [-0.15, -0.1) is 0 Å². The Labute approximate surface area is 186 Å². The quantitative estimate of drug-likeness (QED) is 0.291. The van der Waals surface area contributed by atoms with E-state index in [1.165, 1.54) is 22.3 Å². The number of nitro groups is 1. The van der Waals surface area contributed by atoms with Gasteiger partial charge in [-0.1, -0.05) is 72.8 Å². The van der Waals surface area contributed by atoms with E-state index in [4.69, 9.17) is 4.74 Å². The van der Waals surface area contributed by atoms with Gasteiger partial charge in [0.1, 0.15) is 6.61 Å². The van der Waals surface area contributed by atoms with Crippen LogP contribution in [0.4, 0.5) is 10.5 Å². The van der Waals surface area contributed by atoms with Crippen LogP contribution in [0.15, 0.2) is 72.8 Å². The lowest BCUT2D eigenvalue weighted by Crippen LogP contribution is -2.26. The van der Waals surface area contributed by atoms with Gasteiger partial charge in [0.05, 0.1) is 4.92 Å². The van der Waals surface area contributed by atoms with Crippen molar-refractivity contribution in [1.82, 2.24) is 5.32 Å². The van der Waals surface area contributed by atoms with E-state index in [0.29, 0.717) is 18.5 Å². The molecule has 0 aliphatic heterocycles. The predicted molar refractivity (Wildman–Crippen MR) is 125 cm³/mol. The fourth-order valence-electron chi connectivity index (χ4n) is 4.05. The van der Waals surface area contributed by atoms with Crippen LogP contribution in [-0.2, 0) is 4.74 Å². The molecule has 0 spiro atoms. The molecule has 4 rings (SSSR count). The van der Waals surface area contributed by atoms with Crippen molar-refractivity contribution in [3.8, 4) is 11.1 Å². The molecule has 0 heterocycles. The van der Waals surface area contributed by atoms with Crippen LogP contribution in [0.3, 0.4) is 0 Å². The van der Waals surface area contributed by atoms with E-state index in [1.807, 2.05) is 42.5 Å². The van der Waals surface area contributed by atoms with Gasteiger partial charge in [0.25, 0.3) is 5.69 Å². The third-order valence-electron chi connectivity index (χ3n) is 5.66. The standard InChI is InChI=1S/C26H24N2O4/c1-18-13-14-19(16-25(18)28(30)31)8-6-7-15-27-26(29)32-17-24-22-11-4-2-9-20(22)21-10-3-5-12-23(21)24/h2-6,8-14,16,24H,7,15,17H2,1H3,(H,27,29). The Morgan fingerprint density at radius 3 is 2.38 bits per heavy atom. The highest BCUT2D eigenvalue weighted by molar-refractivity contribution is 5.79. The molecule has 0 fully saturated rings. The Bertz CT molecular complexity index is 1140. The molecule has 3 aromatic carbocycles. The average molecular weight is 428 g/mol. The van der Waals surface area contributed by atoms with Crippen LogP contribution in [-0.4, -0.2) is 24.2 Å². The van der Waals surface area contributed by atoms with Crippen molar-refractivity contribution in [2.45, 2.75) is 19.3 Å². The maximum atomic E-state index is 12.2. The van der Waals surface area contributed by atoms with Gasteiger partial charge in [-0.05, 0) is 41.2 Å². The van der Waals surface area contributed by atoms with Crippen LogP contribution in [0.25, 0.3) is 17.2 Å². The van der Waals surface area contributed by atoms with Gasteiger partial charge in [0.2, 0.25) is 0 Å². The fourth-order valence-corrected chi connectivity index (χ4v) is 4.05. The molecule has 0 unspecified atom stereocenters. The summed E-state index contributed by atoms with van der Waals surface area (Å²) in [6, 6.07) is 21.5. The van der Waals surface area contributed by atoms with Crippen molar-refractivity contribution < 1.29 is 14.5 Å². The van der Waals surface area contributed by atoms with Crippen LogP contribution in [0, 0.1) is 17.0 Å². The lowest BCUT2D eigenvalue weighted by molar-refractivity contribution is -0.385. The number of nitro benzene ring substituents is 1. The Balaban J connectivity index is 1.27. The van der Waals surface area contributed by atoms with Gasteiger partial charge >= 0.3 is 6.09 Å². The Kier molecular flexibility index (Phi) is 6.31. The van der Waals surface area contributed by atoms with E-state index in [1.54, 1.807) is 19.1 Å². The molecule has 0 aromatic heterocycles. The second-order valence-corrected chi connectivity index (χ2v) is 7.75. The zero-order valence-electron chi connectivity index (χ0n) is 17.8. The van der Waals surface area contributed by atoms with E-state index in [2.05, 4.69) is 29.6 Å². The summed E-state index contributed by atoms with van der Waals surface area (Å²) in [6.45, 7) is 2.41. The van der Waals surface area contributed by atoms with Crippen molar-refractivity contribution in [2.75, 3.05) is 13.2 Å². The predicted octanol–water partition coefficient (Wildman–Crippen LogP) is 5.85. The molecule has 1 aliphatic carbocycles. The number of carbonyl (C=O) groups excluding carboxylic acids is 1. The number of fused-ring (bicyclic) bond motifs is 3. The number of carbonyl (C=O) groups is 1. The summed E-state index contributed by atoms with van der Waals surface area (Å²) in [7, 11) is 0. The molecule has 0 radical (unpaired) electrons. The van der Waals surface area contributed by atoms with Crippen molar-refractivity contribution in [3.05, 3.63) is 105 Å². The number of hydrogen-bond acceptors (Lipinski definition) is 4. The molecule has 0 bridgehead atoms. The van der Waals surface area contributed by atoms with Crippen molar-refractivity contribution in [3.63, 3.8) is 0 Å². The molecular formula is C26H24N2O4. The van der Waals surface area contributed by atoms with Crippen molar-refractivity contribution in [1.29, 1.82) is 0 Å². The number of benzene rings is 3. The van der Waals surface area contributed by atoms with Crippen molar-refractivity contribution >= 4 is 17.9 Å². The van der Waals surface area contributed by atoms with Gasteiger partial charge in [0, 0.05) is 24.1 Å². The minimum absolute atomic E-state index is 0.0328. The largest absolute Gasteiger partial charge is 0.449 e. The molecule has 6 heteroatoms. The van der Waals surface area contributed by atoms with Gasteiger partial charge in [0.15, 0.2) is 0 Å². The minimum atomic E-state index is -0.453. The van der Waals surface area contributed by atoms with E-state index >= 15 is 0 Å². The lowest BCUT2D eigenvalue weighted by atomic mass is 9.98. The highest BCUT2D eigenvalue weighted by Crippen LogP contribution is 2.44. The van der Waals surface area contributed by atoms with Crippen LogP contribution >= 0.6 is 0 Å². The minimum Gasteiger partial charge on any atom is -0.449 e. The van der Waals surface area contributed by atoms with E-state index in [-0.39, 0.29) is 23.1 Å². The van der Waals surface area contributed by atoms with Crippen LogP contribution < -0.4 is 5.32 Å². The summed E-state index contributed by atoms with van der Waals surface area (Å²) in [6.07, 6.45) is 3.82. The summed E-state index contributed by atoms with van der Waals surface area (Å²) in [5.74, 6) is 0.0328. The third-order valence-corrected chi connectivity index (χ3v) is 5.66. The molecule has 0 saturated heterocycles. The molecule has 162 valence electrons. The van der Waals surface area contributed by atoms with E-state index < -0.39 is 6.09 Å². The van der Waals surface area contributed by atoms with Crippen LogP contribution in [0.5, 0.6) is 0 Å². The maximum absolute atomic E-state index is 12.2. The third kappa shape index (κ3) is 4.54. The second-order valence-electron chi connectivity index (χ2n) is 7.75. The lowest BCUT2D eigenvalue weighted by Gasteiger charge is -2.14. The fraction of sp³-hybridized carbons (Fsp3) is 0.192. The number of nitrogens with one attached hydrogen (secondary N) is 1. The molecule has 3 aromatic rings. The molecule has 1 N–H and O–H groups in total. The zero-order chi connectivity index (χ0) is 22.5. The Hall–Kier alpha value is -3.93. The van der Waals surface area contributed by atoms with Gasteiger partial charge in [-0.25, -0.2) is 4.79 Å². The number of alkyl carbamates (subject to hydrolysis) is 1. The number of amides is 1. The molecule has 1 amide bonds. The van der Waals surface area contributed by atoms with Crippen molar-refractivity contribution in [2.24, 2.45) is 0 Å². The first kappa shape index (κ1) is 21.3. The summed E-state index contributed by atoms with van der Waals surface area (Å²) in [4.78, 5) is 22.8. The first-order valence-corrected chi connectivity index (χ1v) is 10.5. The zero-order valence-corrected chi connectivity index (χ0v) is 17.8. The summed E-state index contributed by atoms with van der Waals surface area (Å²) < 4.78 is 5.51. The van der Waals surface area contributed by atoms with Gasteiger partial charge < -0.3 is 10.1 Å². The Morgan fingerprint density at radius 1 is 1.06 bits per heavy atom. The summed E-state index contributed by atoms with van der Waals surface area (Å²) >= 11 is 0. The van der Waals surface area contributed by atoms with E-state index in [9.17, 15) is 14.9 Å². The topological polar surface area (TPSA) is 81.5 Å². The van der Waals surface area contributed by atoms with Gasteiger partial charge in [-0.2, -0.15) is 0 Å². The molecule has 6 nitrogen and oxygen atoms in total. The highest BCUT2D eigenvalue weighted by Gasteiger charge is 2.28.